The molecule has 3 heterocycles. The van der Waals surface area contributed by atoms with E-state index < -0.39 is 0 Å². The molecule has 1 amide bonds. The zero-order chi connectivity index (χ0) is 15.3. The molecule has 2 fully saturated rings. The highest BCUT2D eigenvalue weighted by atomic mass is 16.2. The van der Waals surface area contributed by atoms with Gasteiger partial charge in [0.1, 0.15) is 0 Å². The molecule has 1 N–H and O–H groups in total. The fourth-order valence-electron chi connectivity index (χ4n) is 3.92. The van der Waals surface area contributed by atoms with E-state index in [0.29, 0.717) is 23.2 Å². The number of amides is 1. The van der Waals surface area contributed by atoms with Gasteiger partial charge in [0.2, 0.25) is 0 Å². The van der Waals surface area contributed by atoms with Crippen molar-refractivity contribution in [1.82, 2.24) is 14.8 Å². The number of likely N-dealkylation sites (tertiary alicyclic amines) is 2. The van der Waals surface area contributed by atoms with Crippen LogP contribution in [0.15, 0.2) is 0 Å². The Morgan fingerprint density at radius 1 is 1.24 bits per heavy atom. The first-order valence-electron chi connectivity index (χ1n) is 7.59. The van der Waals surface area contributed by atoms with E-state index in [4.69, 9.17) is 0 Å². The van der Waals surface area contributed by atoms with Crippen molar-refractivity contribution < 1.29 is 9.59 Å². The Hall–Kier alpha value is -1.62. The smallest absolute Gasteiger partial charge is 0.256 e. The maximum atomic E-state index is 12.8. The van der Waals surface area contributed by atoms with Gasteiger partial charge in [-0.25, -0.2) is 0 Å². The van der Waals surface area contributed by atoms with Crippen molar-refractivity contribution in [2.45, 2.75) is 33.2 Å². The third kappa shape index (κ3) is 2.20. The Balaban J connectivity index is 1.85. The number of nitrogens with zero attached hydrogens (tertiary/aromatic N) is 2. The number of likely N-dealkylation sites (N-methyl/N-ethyl adjacent to an activating group) is 1. The zero-order valence-corrected chi connectivity index (χ0v) is 13.2. The minimum absolute atomic E-state index is 0.0207. The molecule has 2 saturated heterocycles. The van der Waals surface area contributed by atoms with Crippen LogP contribution in [0.25, 0.3) is 0 Å². The number of H-pyrrole nitrogens is 1. The number of ketones is 1. The van der Waals surface area contributed by atoms with Gasteiger partial charge in [-0.2, -0.15) is 0 Å². The summed E-state index contributed by atoms with van der Waals surface area (Å²) in [5.41, 5.74) is 2.83. The van der Waals surface area contributed by atoms with Crippen LogP contribution in [0.4, 0.5) is 0 Å². The maximum Gasteiger partial charge on any atom is 0.256 e. The molecule has 5 nitrogen and oxygen atoms in total. The SMILES string of the molecule is CC(=O)c1[nH]c(C)c(C(=O)N2C[C@@H]3CCN(C)[C@@H]3C2)c1C. The second kappa shape index (κ2) is 4.98. The van der Waals surface area contributed by atoms with Crippen LogP contribution in [0.3, 0.4) is 0 Å². The van der Waals surface area contributed by atoms with Gasteiger partial charge in [0.05, 0.1) is 11.3 Å². The molecule has 1 aromatic rings. The topological polar surface area (TPSA) is 56.4 Å². The molecule has 1 aromatic heterocycles. The predicted molar refractivity (Wildman–Crippen MR) is 80.7 cm³/mol. The summed E-state index contributed by atoms with van der Waals surface area (Å²) in [4.78, 5) is 31.8. The Labute approximate surface area is 125 Å². The summed E-state index contributed by atoms with van der Waals surface area (Å²) in [5.74, 6) is 0.648. The molecular formula is C16H23N3O2. The quantitative estimate of drug-likeness (QED) is 0.842. The zero-order valence-electron chi connectivity index (χ0n) is 13.2. The lowest BCUT2D eigenvalue weighted by Gasteiger charge is -2.21. The molecule has 0 spiro atoms. The first-order chi connectivity index (χ1) is 9.90. The monoisotopic (exact) mass is 289 g/mol. The maximum absolute atomic E-state index is 12.8. The first kappa shape index (κ1) is 14.3. The molecule has 0 aliphatic carbocycles. The summed E-state index contributed by atoms with van der Waals surface area (Å²) in [6, 6.07) is 0.501. The number of nitrogens with one attached hydrogen (secondary N) is 1. The van der Waals surface area contributed by atoms with Crippen LogP contribution < -0.4 is 0 Å². The average Bonchev–Trinajstić information content (AvgIpc) is 3.05. The number of aromatic nitrogens is 1. The Bertz CT molecular complexity index is 605. The lowest BCUT2D eigenvalue weighted by atomic mass is 10.1. The minimum Gasteiger partial charge on any atom is -0.355 e. The molecule has 0 unspecified atom stereocenters. The van der Waals surface area contributed by atoms with Crippen LogP contribution in [-0.4, -0.2) is 59.2 Å². The van der Waals surface area contributed by atoms with Crippen LogP contribution in [0.5, 0.6) is 0 Å². The van der Waals surface area contributed by atoms with E-state index in [0.717, 1.165) is 30.9 Å². The number of aryl methyl sites for hydroxylation is 1. The van der Waals surface area contributed by atoms with Crippen molar-refractivity contribution in [3.63, 3.8) is 0 Å². The number of carbonyl (C=O) groups is 2. The highest BCUT2D eigenvalue weighted by molar-refractivity contribution is 6.02. The van der Waals surface area contributed by atoms with Crippen LogP contribution in [0.2, 0.25) is 0 Å². The van der Waals surface area contributed by atoms with Crippen LogP contribution >= 0.6 is 0 Å². The number of hydrogen-bond acceptors (Lipinski definition) is 3. The van der Waals surface area contributed by atoms with Crippen LogP contribution in [0.1, 0.15) is 45.4 Å². The number of rotatable bonds is 2. The molecule has 114 valence electrons. The molecule has 2 atom stereocenters. The van der Waals surface area contributed by atoms with Crippen molar-refractivity contribution in [3.8, 4) is 0 Å². The number of hydrogen-bond donors (Lipinski definition) is 1. The third-order valence-corrected chi connectivity index (χ3v) is 5.12. The second-order valence-electron chi connectivity index (χ2n) is 6.49. The molecular weight excluding hydrogens is 266 g/mol. The van der Waals surface area contributed by atoms with Gasteiger partial charge in [0, 0.05) is 31.7 Å². The first-order valence-corrected chi connectivity index (χ1v) is 7.59. The molecule has 2 aliphatic heterocycles. The van der Waals surface area contributed by atoms with E-state index in [1.54, 1.807) is 0 Å². The molecule has 2 aliphatic rings. The number of carbonyl (C=O) groups excluding carboxylic acids is 2. The van der Waals surface area contributed by atoms with E-state index in [9.17, 15) is 9.59 Å². The summed E-state index contributed by atoms with van der Waals surface area (Å²) in [7, 11) is 2.14. The normalized spacial score (nSPS) is 25.4. The molecule has 0 saturated carbocycles. The Morgan fingerprint density at radius 2 is 1.95 bits per heavy atom. The van der Waals surface area contributed by atoms with Gasteiger partial charge in [0.25, 0.3) is 5.91 Å². The number of fused-ring (bicyclic) bond motifs is 1. The molecule has 0 bridgehead atoms. The Morgan fingerprint density at radius 3 is 2.52 bits per heavy atom. The van der Waals surface area contributed by atoms with Crippen LogP contribution in [0, 0.1) is 19.8 Å². The van der Waals surface area contributed by atoms with Gasteiger partial charge in [-0.3, -0.25) is 9.59 Å². The van der Waals surface area contributed by atoms with E-state index in [2.05, 4.69) is 16.9 Å². The number of aromatic amines is 1. The lowest BCUT2D eigenvalue weighted by Crippen LogP contribution is -2.35. The van der Waals surface area contributed by atoms with Gasteiger partial charge in [-0.1, -0.05) is 0 Å². The molecule has 21 heavy (non-hydrogen) atoms. The summed E-state index contributed by atoms with van der Waals surface area (Å²) >= 11 is 0. The van der Waals surface area contributed by atoms with Crippen LogP contribution in [-0.2, 0) is 0 Å². The average molecular weight is 289 g/mol. The third-order valence-electron chi connectivity index (χ3n) is 5.12. The van der Waals surface area contributed by atoms with Crippen molar-refractivity contribution in [3.05, 3.63) is 22.5 Å². The molecule has 3 rings (SSSR count). The fraction of sp³-hybridized carbons (Fsp3) is 0.625. The van der Waals surface area contributed by atoms with E-state index in [1.807, 2.05) is 18.7 Å². The summed E-state index contributed by atoms with van der Waals surface area (Å²) in [6.07, 6.45) is 1.18. The minimum atomic E-state index is -0.0207. The summed E-state index contributed by atoms with van der Waals surface area (Å²) in [5, 5.41) is 0. The van der Waals surface area contributed by atoms with Crippen molar-refractivity contribution in [2.75, 3.05) is 26.7 Å². The highest BCUT2D eigenvalue weighted by Gasteiger charge is 2.42. The second-order valence-corrected chi connectivity index (χ2v) is 6.49. The van der Waals surface area contributed by atoms with Crippen molar-refractivity contribution >= 4 is 11.7 Å². The van der Waals surface area contributed by atoms with Crippen molar-refractivity contribution in [2.24, 2.45) is 5.92 Å². The predicted octanol–water partition coefficient (Wildman–Crippen LogP) is 1.61. The largest absolute Gasteiger partial charge is 0.355 e. The fourth-order valence-corrected chi connectivity index (χ4v) is 3.92. The van der Waals surface area contributed by atoms with Gasteiger partial charge in [-0.05, 0) is 45.3 Å². The van der Waals surface area contributed by atoms with Gasteiger partial charge < -0.3 is 14.8 Å². The highest BCUT2D eigenvalue weighted by Crippen LogP contribution is 2.32. The molecule has 0 radical (unpaired) electrons. The lowest BCUT2D eigenvalue weighted by molar-refractivity contribution is 0.0773. The van der Waals surface area contributed by atoms with Gasteiger partial charge in [-0.15, -0.1) is 0 Å². The van der Waals surface area contributed by atoms with Gasteiger partial charge >= 0.3 is 0 Å². The number of Topliss-reactive ketones (excluding diaryl/α,β-unsaturated/α-hetero) is 1. The van der Waals surface area contributed by atoms with Crippen molar-refractivity contribution in [1.29, 1.82) is 0 Å². The standard InChI is InChI=1S/C16H23N3O2/c1-9-14(10(2)17-15(9)11(3)20)16(21)19-7-12-5-6-18(4)13(12)8-19/h12-13,17H,5-8H2,1-4H3/t12-,13+/m0/s1. The van der Waals surface area contributed by atoms with E-state index >= 15 is 0 Å². The van der Waals surface area contributed by atoms with E-state index in [1.165, 1.54) is 13.3 Å². The summed E-state index contributed by atoms with van der Waals surface area (Å²) < 4.78 is 0. The molecule has 5 heteroatoms. The molecule has 0 aromatic carbocycles. The van der Waals surface area contributed by atoms with Gasteiger partial charge in [0.15, 0.2) is 5.78 Å². The Kier molecular flexibility index (Phi) is 3.40. The summed E-state index contributed by atoms with van der Waals surface area (Å²) in [6.45, 7) is 8.04. The van der Waals surface area contributed by atoms with E-state index in [-0.39, 0.29) is 11.7 Å².